The maximum absolute atomic E-state index is 14.3. The van der Waals surface area contributed by atoms with Gasteiger partial charge in [-0.15, -0.1) is 0 Å². The fraction of sp³-hybridized carbons (Fsp3) is 0.250. The van der Waals surface area contributed by atoms with Crippen LogP contribution in [0.3, 0.4) is 0 Å². The lowest BCUT2D eigenvalue weighted by atomic mass is 9.73. The highest BCUT2D eigenvalue weighted by molar-refractivity contribution is 6.22. The molecule has 51 heavy (non-hydrogen) atoms. The van der Waals surface area contributed by atoms with Crippen LogP contribution in [0, 0.1) is 12.8 Å². The summed E-state index contributed by atoms with van der Waals surface area (Å²) in [6, 6.07) is 19.3. The van der Waals surface area contributed by atoms with E-state index in [1.165, 1.54) is 6.33 Å². The first kappa shape index (κ1) is 32.1. The zero-order valence-electron chi connectivity index (χ0n) is 29.1. The number of hydrogen-bond donors (Lipinski definition) is 1. The van der Waals surface area contributed by atoms with Gasteiger partial charge in [-0.25, -0.2) is 15.0 Å². The van der Waals surface area contributed by atoms with E-state index in [0.717, 1.165) is 49.8 Å². The lowest BCUT2D eigenvalue weighted by molar-refractivity contribution is -0.126. The number of Topliss-reactive ketones (excluding diaryl/α,β-unsaturated/α-hetero) is 2. The summed E-state index contributed by atoms with van der Waals surface area (Å²) in [5.41, 5.74) is 5.37. The van der Waals surface area contributed by atoms with Crippen LogP contribution in [0.25, 0.3) is 34.5 Å². The van der Waals surface area contributed by atoms with Crippen LogP contribution in [0.4, 0.5) is 17.5 Å². The molecular formula is C40H37N7O4. The molecule has 2 atom stereocenters. The maximum atomic E-state index is 14.3. The minimum Gasteiger partial charge on any atom is -0.494 e. The van der Waals surface area contributed by atoms with E-state index < -0.39 is 11.5 Å². The number of aromatic nitrogens is 4. The molecule has 1 amide bonds. The largest absolute Gasteiger partial charge is 0.494 e. The van der Waals surface area contributed by atoms with Gasteiger partial charge in [-0.1, -0.05) is 49.4 Å². The fourth-order valence-electron chi connectivity index (χ4n) is 7.68. The smallest absolute Gasteiger partial charge is 0.246 e. The molecule has 0 saturated heterocycles. The Labute approximate surface area is 294 Å². The van der Waals surface area contributed by atoms with Gasteiger partial charge in [-0.2, -0.15) is 0 Å². The van der Waals surface area contributed by atoms with E-state index in [1.54, 1.807) is 12.3 Å². The van der Waals surface area contributed by atoms with Crippen molar-refractivity contribution in [3.8, 4) is 28.1 Å². The molecule has 11 heteroatoms. The Balaban J connectivity index is 1.11. The van der Waals surface area contributed by atoms with Gasteiger partial charge in [0.1, 0.15) is 23.3 Å². The van der Waals surface area contributed by atoms with Crippen LogP contribution < -0.4 is 30.3 Å². The van der Waals surface area contributed by atoms with E-state index in [4.69, 9.17) is 9.72 Å². The monoisotopic (exact) mass is 679 g/mol. The molecule has 11 nitrogen and oxygen atoms in total. The van der Waals surface area contributed by atoms with Gasteiger partial charge < -0.3 is 19.1 Å². The molecule has 0 fully saturated rings. The summed E-state index contributed by atoms with van der Waals surface area (Å²) >= 11 is 0. The molecule has 2 unspecified atom stereocenters. The summed E-state index contributed by atoms with van der Waals surface area (Å²) in [6.45, 7) is 8.49. The van der Waals surface area contributed by atoms with Gasteiger partial charge in [0.15, 0.2) is 17.4 Å². The zero-order chi connectivity index (χ0) is 35.6. The number of hydrogen-bond acceptors (Lipinski definition) is 9. The third kappa shape index (κ3) is 5.02. The second-order valence-corrected chi connectivity index (χ2v) is 13.4. The Hall–Kier alpha value is -6.10. The van der Waals surface area contributed by atoms with E-state index in [2.05, 4.69) is 15.3 Å². The van der Waals surface area contributed by atoms with Gasteiger partial charge in [0, 0.05) is 29.8 Å². The molecule has 5 aromatic rings. The Kier molecular flexibility index (Phi) is 7.59. The molecular weight excluding hydrogens is 642 g/mol. The summed E-state index contributed by atoms with van der Waals surface area (Å²) in [4.78, 5) is 58.8. The number of fused-ring (bicyclic) bond motifs is 6. The zero-order valence-corrected chi connectivity index (χ0v) is 29.1. The summed E-state index contributed by atoms with van der Waals surface area (Å²) < 4.78 is 7.44. The number of carbonyl (C=O) groups is 3. The second-order valence-electron chi connectivity index (χ2n) is 13.4. The normalized spacial score (nSPS) is 18.6. The molecule has 0 saturated carbocycles. The van der Waals surface area contributed by atoms with Crippen molar-refractivity contribution in [3.63, 3.8) is 0 Å². The van der Waals surface area contributed by atoms with Crippen LogP contribution >= 0.6 is 0 Å². The highest BCUT2D eigenvalue weighted by atomic mass is 16.5. The average Bonchev–Trinajstić information content (AvgIpc) is 3.64. The standard InChI is InChI=1S/C40H37N7O4/c1-6-51-26-13-11-25(12-14-26)36-24(3)45(5)39(44-36)43-35(49)20-46-22-47(38-33(46)19-41-21-42-38)40(4)32-16-15-28-27-9-7-8-10-29(27)34(48)18-30(28)31(32)17-23(2)37(40)50/h7-19,21,23H,6,20,22H2,1-5H3,(H,43,44,49). The summed E-state index contributed by atoms with van der Waals surface area (Å²) in [6.07, 6.45) is 6.79. The molecule has 0 spiro atoms. The molecule has 256 valence electrons. The number of ketones is 2. The first-order chi connectivity index (χ1) is 24.6. The third-order valence-electron chi connectivity index (χ3n) is 10.4. The average molecular weight is 680 g/mol. The number of nitrogens with zero attached hydrogens (tertiary/aromatic N) is 6. The Morgan fingerprint density at radius 3 is 2.55 bits per heavy atom. The summed E-state index contributed by atoms with van der Waals surface area (Å²) in [7, 11) is 1.87. The molecule has 8 rings (SSSR count). The minimum atomic E-state index is -1.15. The summed E-state index contributed by atoms with van der Waals surface area (Å²) in [5.74, 6) is 0.991. The number of benzene rings is 3. The number of anilines is 3. The molecule has 0 bridgehead atoms. The minimum absolute atomic E-state index is 0.00125. The molecule has 0 radical (unpaired) electrons. The van der Waals surface area contributed by atoms with Gasteiger partial charge in [0.05, 0.1) is 31.7 Å². The molecule has 3 aromatic carbocycles. The number of rotatable bonds is 7. The maximum Gasteiger partial charge on any atom is 0.246 e. The van der Waals surface area contributed by atoms with Crippen molar-refractivity contribution in [2.24, 2.45) is 13.0 Å². The van der Waals surface area contributed by atoms with Crippen molar-refractivity contribution in [1.82, 2.24) is 19.5 Å². The predicted octanol–water partition coefficient (Wildman–Crippen LogP) is 4.37. The Morgan fingerprint density at radius 1 is 1.02 bits per heavy atom. The van der Waals surface area contributed by atoms with Crippen LogP contribution in [-0.4, -0.2) is 56.8 Å². The second kappa shape index (κ2) is 12.0. The topological polar surface area (TPSA) is 123 Å². The Bertz CT molecular complexity index is 2400. The number of amides is 1. The van der Waals surface area contributed by atoms with Gasteiger partial charge >= 0.3 is 0 Å². The molecule has 2 aromatic heterocycles. The lowest BCUT2D eigenvalue weighted by Gasteiger charge is -2.42. The molecule has 1 N–H and O–H groups in total. The van der Waals surface area contributed by atoms with Crippen molar-refractivity contribution in [2.45, 2.75) is 33.2 Å². The first-order valence-electron chi connectivity index (χ1n) is 17.0. The third-order valence-corrected chi connectivity index (χ3v) is 10.4. The van der Waals surface area contributed by atoms with Gasteiger partial charge in [0.25, 0.3) is 0 Å². The first-order valence-corrected chi connectivity index (χ1v) is 17.0. The number of ether oxygens (including phenoxy) is 1. The number of imidazole rings is 1. The van der Waals surface area contributed by atoms with Gasteiger partial charge in [0.2, 0.25) is 11.9 Å². The van der Waals surface area contributed by atoms with Crippen LogP contribution in [0.1, 0.15) is 42.4 Å². The van der Waals surface area contributed by atoms with Crippen molar-refractivity contribution < 1.29 is 19.1 Å². The predicted molar refractivity (Wildman–Crippen MR) is 196 cm³/mol. The number of carbonyl (C=O) groups excluding carboxylic acids is 3. The molecule has 1 aliphatic heterocycles. The van der Waals surface area contributed by atoms with E-state index in [0.29, 0.717) is 29.6 Å². The van der Waals surface area contributed by atoms with Crippen LogP contribution in [0.15, 0.2) is 73.2 Å². The van der Waals surface area contributed by atoms with Crippen molar-refractivity contribution in [2.75, 3.05) is 34.9 Å². The SMILES string of the molecule is CCOc1ccc(-c2nc(NC(=O)CN3CN(C4(C)C(=O)C(C)C=c5c4ccc4c5=CC(=O)c5ccccc5-4)c4ncncc43)n(C)c2C)cc1. The van der Waals surface area contributed by atoms with Gasteiger partial charge in [-0.05, 0) is 78.2 Å². The lowest BCUT2D eigenvalue weighted by Crippen LogP contribution is -2.59. The van der Waals surface area contributed by atoms with E-state index in [9.17, 15) is 14.4 Å². The van der Waals surface area contributed by atoms with E-state index >= 15 is 0 Å². The van der Waals surface area contributed by atoms with E-state index in [-0.39, 0.29) is 30.7 Å². The van der Waals surface area contributed by atoms with Crippen molar-refractivity contribution >= 4 is 47.1 Å². The van der Waals surface area contributed by atoms with Crippen LogP contribution in [0.5, 0.6) is 5.75 Å². The van der Waals surface area contributed by atoms with Gasteiger partial charge in [-0.3, -0.25) is 19.7 Å². The molecule has 2 aliphatic carbocycles. The molecule has 3 heterocycles. The van der Waals surface area contributed by atoms with Crippen molar-refractivity contribution in [3.05, 3.63) is 100 Å². The van der Waals surface area contributed by atoms with E-state index in [1.807, 2.05) is 116 Å². The van der Waals surface area contributed by atoms with Crippen molar-refractivity contribution in [1.29, 1.82) is 0 Å². The van der Waals surface area contributed by atoms with Crippen LogP contribution in [0.2, 0.25) is 0 Å². The summed E-state index contributed by atoms with van der Waals surface area (Å²) in [5, 5.41) is 4.67. The van der Waals surface area contributed by atoms with Crippen LogP contribution in [-0.2, 0) is 22.2 Å². The Morgan fingerprint density at radius 2 is 1.78 bits per heavy atom. The highest BCUT2D eigenvalue weighted by Gasteiger charge is 2.50. The fourth-order valence-corrected chi connectivity index (χ4v) is 7.68. The molecule has 3 aliphatic rings. The number of nitrogens with one attached hydrogen (secondary N) is 1. The quantitative estimate of drug-likeness (QED) is 0.267. The highest BCUT2D eigenvalue weighted by Crippen LogP contribution is 2.44.